The zero-order chi connectivity index (χ0) is 36.6. The highest BCUT2D eigenvalue weighted by Crippen LogP contribution is 2.38. The summed E-state index contributed by atoms with van der Waals surface area (Å²) in [6.45, 7) is 0. The van der Waals surface area contributed by atoms with Gasteiger partial charge in [0.1, 0.15) is 11.5 Å². The lowest BCUT2D eigenvalue weighted by atomic mass is 10.0. The van der Waals surface area contributed by atoms with Crippen molar-refractivity contribution in [3.05, 3.63) is 206 Å². The fourth-order valence-corrected chi connectivity index (χ4v) is 7.56. The van der Waals surface area contributed by atoms with Gasteiger partial charge in [0.25, 0.3) is 0 Å². The molecule has 0 aliphatic rings. The molecule has 6 heteroatoms. The Bertz CT molecular complexity index is 2840. The summed E-state index contributed by atoms with van der Waals surface area (Å²) in [4.78, 5) is 7.58. The molecule has 0 amide bonds. The smallest absolute Gasteiger partial charge is 0.187 e. The number of pyridine rings is 1. The first-order chi connectivity index (χ1) is 27.3. The van der Waals surface area contributed by atoms with Gasteiger partial charge in [0.2, 0.25) is 0 Å². The average Bonchev–Trinajstić information content (AvgIpc) is 3.86. The van der Waals surface area contributed by atoms with Gasteiger partial charge in [0.15, 0.2) is 11.6 Å². The molecule has 0 fully saturated rings. The van der Waals surface area contributed by atoms with Crippen LogP contribution in [0.1, 0.15) is 0 Å². The fourth-order valence-electron chi connectivity index (χ4n) is 7.56. The largest absolute Gasteiger partial charge is 0.310 e. The summed E-state index contributed by atoms with van der Waals surface area (Å²) >= 11 is 0. The van der Waals surface area contributed by atoms with Crippen LogP contribution in [0.4, 0.5) is 17.1 Å². The van der Waals surface area contributed by atoms with E-state index in [2.05, 4.69) is 196 Å². The van der Waals surface area contributed by atoms with Gasteiger partial charge < -0.3 is 4.90 Å². The van der Waals surface area contributed by atoms with Gasteiger partial charge in [-0.15, -0.1) is 10.2 Å². The zero-order valence-corrected chi connectivity index (χ0v) is 29.8. The van der Waals surface area contributed by atoms with Crippen LogP contribution in [0.5, 0.6) is 0 Å². The van der Waals surface area contributed by atoms with Gasteiger partial charge in [0, 0.05) is 39.1 Å². The van der Waals surface area contributed by atoms with Crippen molar-refractivity contribution in [2.75, 3.05) is 4.90 Å². The average molecular weight is 707 g/mol. The van der Waals surface area contributed by atoms with Crippen molar-refractivity contribution in [1.82, 2.24) is 24.3 Å². The first kappa shape index (κ1) is 32.1. The Morgan fingerprint density at radius 1 is 0.364 bits per heavy atom. The van der Waals surface area contributed by atoms with E-state index in [9.17, 15) is 0 Å². The van der Waals surface area contributed by atoms with Crippen molar-refractivity contribution >= 4 is 38.9 Å². The number of fused-ring (bicyclic) bond motifs is 3. The lowest BCUT2D eigenvalue weighted by Crippen LogP contribution is -2.10. The molecule has 0 N–H and O–H groups in total. The molecule has 3 heterocycles. The molecule has 0 unspecified atom stereocenters. The standard InChI is InChI=1S/C49H34N6/c1-4-17-35(18-5-1)36-19-14-26-41(33-36)54-48(37-20-15-25-40(34-37)53(38-21-6-2-7-22-38)39-23-8-3-9-24-39)51-52-49(54)44-29-16-32-47(50-44)55-45-30-12-10-27-42(45)43-28-11-13-31-46(43)55/h1-34H. The van der Waals surface area contributed by atoms with E-state index in [1.54, 1.807) is 0 Å². The molecular weight excluding hydrogens is 673 g/mol. The molecule has 0 radical (unpaired) electrons. The lowest BCUT2D eigenvalue weighted by Gasteiger charge is -2.25. The summed E-state index contributed by atoms with van der Waals surface area (Å²) in [6.07, 6.45) is 0. The molecule has 3 aromatic heterocycles. The maximum Gasteiger partial charge on any atom is 0.187 e. The topological polar surface area (TPSA) is 51.8 Å². The van der Waals surface area contributed by atoms with Crippen molar-refractivity contribution in [2.24, 2.45) is 0 Å². The molecule has 10 rings (SSSR count). The van der Waals surface area contributed by atoms with E-state index in [1.807, 2.05) is 24.3 Å². The van der Waals surface area contributed by atoms with Gasteiger partial charge in [-0.05, 0) is 83.9 Å². The fraction of sp³-hybridized carbons (Fsp3) is 0. The van der Waals surface area contributed by atoms with Crippen LogP contribution in [-0.4, -0.2) is 24.3 Å². The van der Waals surface area contributed by atoms with Crippen LogP contribution < -0.4 is 4.90 Å². The van der Waals surface area contributed by atoms with Crippen molar-refractivity contribution in [1.29, 1.82) is 0 Å². The maximum atomic E-state index is 5.32. The highest BCUT2D eigenvalue weighted by Gasteiger charge is 2.22. The number of nitrogens with zero attached hydrogens (tertiary/aromatic N) is 6. The number of para-hydroxylation sites is 4. The monoisotopic (exact) mass is 706 g/mol. The molecule has 0 atom stereocenters. The molecule has 0 saturated heterocycles. The van der Waals surface area contributed by atoms with E-state index in [0.29, 0.717) is 11.6 Å². The second-order valence-electron chi connectivity index (χ2n) is 13.4. The Hall–Kier alpha value is -7.57. The van der Waals surface area contributed by atoms with Gasteiger partial charge >= 0.3 is 0 Å². The van der Waals surface area contributed by atoms with E-state index >= 15 is 0 Å². The Balaban J connectivity index is 1.16. The summed E-state index contributed by atoms with van der Waals surface area (Å²) < 4.78 is 4.37. The SMILES string of the molecule is c1ccc(-c2cccc(-n3c(-c4cccc(N(c5ccccc5)c5ccccc5)c4)nnc3-c3cccc(-n4c5ccccc5c5ccccc54)n3)c2)cc1. The van der Waals surface area contributed by atoms with Crippen molar-refractivity contribution < 1.29 is 0 Å². The summed E-state index contributed by atoms with van der Waals surface area (Å²) in [5.41, 5.74) is 10.2. The number of rotatable bonds is 8. The minimum atomic E-state index is 0.649. The maximum absolute atomic E-state index is 5.32. The highest BCUT2D eigenvalue weighted by molar-refractivity contribution is 6.09. The molecule has 0 aliphatic carbocycles. The number of hydrogen-bond donors (Lipinski definition) is 0. The van der Waals surface area contributed by atoms with Gasteiger partial charge in [0.05, 0.1) is 11.0 Å². The predicted octanol–water partition coefficient (Wildman–Crippen LogP) is 12.2. The van der Waals surface area contributed by atoms with Crippen molar-refractivity contribution in [3.8, 4) is 45.5 Å². The first-order valence-corrected chi connectivity index (χ1v) is 18.4. The minimum absolute atomic E-state index is 0.649. The van der Waals surface area contributed by atoms with E-state index < -0.39 is 0 Å². The van der Waals surface area contributed by atoms with Gasteiger partial charge in [-0.3, -0.25) is 9.13 Å². The van der Waals surface area contributed by atoms with Gasteiger partial charge in [-0.25, -0.2) is 4.98 Å². The third-order valence-electron chi connectivity index (χ3n) is 10.0. The number of hydrogen-bond acceptors (Lipinski definition) is 4. The second kappa shape index (κ2) is 13.8. The van der Waals surface area contributed by atoms with Crippen LogP contribution in [0.2, 0.25) is 0 Å². The molecular formula is C49H34N6. The Morgan fingerprint density at radius 3 is 1.58 bits per heavy atom. The zero-order valence-electron chi connectivity index (χ0n) is 29.8. The second-order valence-corrected chi connectivity index (χ2v) is 13.4. The minimum Gasteiger partial charge on any atom is -0.310 e. The molecule has 6 nitrogen and oxygen atoms in total. The molecule has 55 heavy (non-hydrogen) atoms. The number of benzene rings is 7. The van der Waals surface area contributed by atoms with Crippen LogP contribution in [0.15, 0.2) is 206 Å². The molecule has 0 bridgehead atoms. The quantitative estimate of drug-likeness (QED) is 0.158. The molecule has 7 aromatic carbocycles. The van der Waals surface area contributed by atoms with Gasteiger partial charge in [-0.1, -0.05) is 133 Å². The molecule has 10 aromatic rings. The molecule has 260 valence electrons. The van der Waals surface area contributed by atoms with Crippen LogP contribution in [0.3, 0.4) is 0 Å². The van der Waals surface area contributed by atoms with E-state index in [4.69, 9.17) is 15.2 Å². The third kappa shape index (κ3) is 5.83. The van der Waals surface area contributed by atoms with Crippen molar-refractivity contribution in [2.45, 2.75) is 0 Å². The van der Waals surface area contributed by atoms with Crippen LogP contribution in [0.25, 0.3) is 67.3 Å². The van der Waals surface area contributed by atoms with E-state index in [-0.39, 0.29) is 0 Å². The Kier molecular flexibility index (Phi) is 8.04. The summed E-state index contributed by atoms with van der Waals surface area (Å²) in [6, 6.07) is 71.5. The van der Waals surface area contributed by atoms with Crippen LogP contribution >= 0.6 is 0 Å². The highest BCUT2D eigenvalue weighted by atomic mass is 15.3. The van der Waals surface area contributed by atoms with E-state index in [0.717, 1.165) is 62.0 Å². The summed E-state index contributed by atoms with van der Waals surface area (Å²) in [7, 11) is 0. The van der Waals surface area contributed by atoms with Crippen LogP contribution in [0, 0.1) is 0 Å². The molecule has 0 spiro atoms. The lowest BCUT2D eigenvalue weighted by molar-refractivity contribution is 1.03. The van der Waals surface area contributed by atoms with Gasteiger partial charge in [-0.2, -0.15) is 0 Å². The van der Waals surface area contributed by atoms with E-state index in [1.165, 1.54) is 10.8 Å². The summed E-state index contributed by atoms with van der Waals surface area (Å²) in [5.74, 6) is 2.18. The Labute approximate surface area is 318 Å². The summed E-state index contributed by atoms with van der Waals surface area (Å²) in [5, 5.41) is 12.2. The molecule has 0 aliphatic heterocycles. The normalized spacial score (nSPS) is 11.3. The molecule has 0 saturated carbocycles. The third-order valence-corrected chi connectivity index (χ3v) is 10.0. The van der Waals surface area contributed by atoms with Crippen molar-refractivity contribution in [3.63, 3.8) is 0 Å². The first-order valence-electron chi connectivity index (χ1n) is 18.4. The number of anilines is 3. The Morgan fingerprint density at radius 2 is 0.891 bits per heavy atom. The number of aromatic nitrogens is 5. The van der Waals surface area contributed by atoms with Crippen LogP contribution in [-0.2, 0) is 0 Å². The predicted molar refractivity (Wildman–Crippen MR) is 224 cm³/mol.